The summed E-state index contributed by atoms with van der Waals surface area (Å²) in [7, 11) is -7.26. The summed E-state index contributed by atoms with van der Waals surface area (Å²) in [6.07, 6.45) is 0. The van der Waals surface area contributed by atoms with Crippen molar-refractivity contribution in [2.45, 2.75) is 0 Å². The van der Waals surface area contributed by atoms with Crippen LogP contribution in [0.1, 0.15) is 0 Å². The van der Waals surface area contributed by atoms with Crippen LogP contribution in [0.15, 0.2) is 0 Å². The van der Waals surface area contributed by atoms with Crippen LogP contribution in [0, 0.1) is 0 Å². The molecule has 0 rings (SSSR count). The maximum Gasteiger partial charge on any atom is 2.00 e. The first-order chi connectivity index (χ1) is 3.46. The van der Waals surface area contributed by atoms with Gasteiger partial charge in [-0.3, -0.25) is 0 Å². The molecule has 48 valence electrons. The van der Waals surface area contributed by atoms with Crippen molar-refractivity contribution >= 4 is 41.4 Å². The van der Waals surface area contributed by atoms with Crippen LogP contribution in [0.5, 0.6) is 0 Å². The van der Waals surface area contributed by atoms with Crippen molar-refractivity contribution in [3.8, 4) is 0 Å². The monoisotopic (exact) mass is 254 g/mol. The minimum atomic E-state index is -3.63. The van der Waals surface area contributed by atoms with E-state index < -0.39 is 18.3 Å². The van der Waals surface area contributed by atoms with Crippen molar-refractivity contribution < 1.29 is 131 Å². The number of hydrogen-bond acceptors (Lipinski definition) is 6. The molecule has 0 amide bonds. The molecule has 0 aliphatic rings. The van der Waals surface area contributed by atoms with Crippen LogP contribution in [-0.4, -0.2) is 41.4 Å². The molecular weight excluding hydrogens is 255 g/mol. The van der Waals surface area contributed by atoms with E-state index in [0.29, 0.717) is 0 Å². The summed E-state index contributed by atoms with van der Waals surface area (Å²) in [6, 6.07) is 0. The van der Waals surface area contributed by atoms with Crippen LogP contribution in [-0.2, 0) is 8.92 Å². The molecule has 0 aromatic heterocycles. The SMILES string of the molecule is O=[Si]([O-])[O-].O=[Si]([O-])[O-].[K+].[K+].[Mg+2]. The molecule has 0 radical (unpaired) electrons. The normalized spacial score (nSPS) is 4.36. The van der Waals surface area contributed by atoms with Crippen molar-refractivity contribution in [1.29, 1.82) is 0 Å². The van der Waals surface area contributed by atoms with Gasteiger partial charge in [-0.05, 0) is 0 Å². The summed E-state index contributed by atoms with van der Waals surface area (Å²) in [6.45, 7) is 0. The van der Waals surface area contributed by atoms with Crippen LogP contribution < -0.4 is 122 Å². The molecule has 0 heterocycles. The number of hydrogen-bond donors (Lipinski definition) is 0. The fourth-order valence-corrected chi connectivity index (χ4v) is 0. The van der Waals surface area contributed by atoms with Gasteiger partial charge in [0.25, 0.3) is 0 Å². The minimum Gasteiger partial charge on any atom is -0.672 e. The zero-order valence-corrected chi connectivity index (χ0v) is 15.8. The number of rotatable bonds is 0. The van der Waals surface area contributed by atoms with Gasteiger partial charge in [-0.25, -0.2) is 0 Å². The van der Waals surface area contributed by atoms with Crippen molar-refractivity contribution in [1.82, 2.24) is 0 Å². The molecule has 0 aliphatic heterocycles. The second kappa shape index (κ2) is 23.3. The molecule has 11 heteroatoms. The Labute approximate surface area is 168 Å². The topological polar surface area (TPSA) is 126 Å². The second-order valence-electron chi connectivity index (χ2n) is 0.500. The fourth-order valence-electron chi connectivity index (χ4n) is 0. The largest absolute Gasteiger partial charge is 2.00 e. The fraction of sp³-hybridized carbons (Fsp3) is 0. The third-order valence-corrected chi connectivity index (χ3v) is 0. The first-order valence-corrected chi connectivity index (χ1v) is 3.67. The molecular formula is K2MgO6Si2. The summed E-state index contributed by atoms with van der Waals surface area (Å²) in [4.78, 5) is 34.1. The molecule has 0 saturated heterocycles. The van der Waals surface area contributed by atoms with Gasteiger partial charge in [-0.1, -0.05) is 0 Å². The molecule has 0 spiro atoms. The Bertz CT molecular complexity index is 76.6. The van der Waals surface area contributed by atoms with Crippen LogP contribution >= 0.6 is 0 Å². The van der Waals surface area contributed by atoms with Crippen LogP contribution in [0.25, 0.3) is 0 Å². The summed E-state index contributed by atoms with van der Waals surface area (Å²) in [5, 5.41) is 0. The van der Waals surface area contributed by atoms with Crippen LogP contribution in [0.4, 0.5) is 0 Å². The molecule has 0 aromatic rings. The van der Waals surface area contributed by atoms with Crippen molar-refractivity contribution in [2.24, 2.45) is 0 Å². The van der Waals surface area contributed by atoms with Gasteiger partial charge < -0.3 is 28.1 Å². The van der Waals surface area contributed by atoms with Gasteiger partial charge in [0, 0.05) is 18.3 Å². The zero-order chi connectivity index (χ0) is 7.15. The Hall–Kier alpha value is 3.27. The molecule has 0 aliphatic carbocycles. The van der Waals surface area contributed by atoms with Gasteiger partial charge in [0.15, 0.2) is 0 Å². The Morgan fingerprint density at radius 2 is 0.727 bits per heavy atom. The van der Waals surface area contributed by atoms with E-state index in [1.165, 1.54) is 0 Å². The Morgan fingerprint density at radius 3 is 0.727 bits per heavy atom. The molecule has 0 atom stereocenters. The van der Waals surface area contributed by atoms with Crippen molar-refractivity contribution in [3.63, 3.8) is 0 Å². The molecule has 6 nitrogen and oxygen atoms in total. The van der Waals surface area contributed by atoms with E-state index >= 15 is 0 Å². The second-order valence-corrected chi connectivity index (χ2v) is 1.50. The van der Waals surface area contributed by atoms with Crippen LogP contribution in [0.3, 0.4) is 0 Å². The molecule has 0 N–H and O–H groups in total. The molecule has 0 aromatic carbocycles. The quantitative estimate of drug-likeness (QED) is 0.395. The van der Waals surface area contributed by atoms with Gasteiger partial charge in [-0.2, -0.15) is 0 Å². The standard InChI is InChI=1S/2K.Mg.2O3Si/c;;;2*1-4(2)3/q2*+1;+2;2*-2. The van der Waals surface area contributed by atoms with E-state index in [-0.39, 0.29) is 126 Å². The van der Waals surface area contributed by atoms with Gasteiger partial charge in [-0.15, -0.1) is 0 Å². The van der Waals surface area contributed by atoms with E-state index in [4.69, 9.17) is 28.1 Å². The Balaban J connectivity index is -0.0000000171. The Morgan fingerprint density at radius 1 is 0.727 bits per heavy atom. The predicted molar refractivity (Wildman–Crippen MR) is 18.6 cm³/mol. The first-order valence-electron chi connectivity index (χ1n) is 1.22. The maximum absolute atomic E-state index is 8.52. The van der Waals surface area contributed by atoms with E-state index in [2.05, 4.69) is 0 Å². The summed E-state index contributed by atoms with van der Waals surface area (Å²) >= 11 is 0. The van der Waals surface area contributed by atoms with Crippen molar-refractivity contribution in [2.75, 3.05) is 0 Å². The van der Waals surface area contributed by atoms with Crippen molar-refractivity contribution in [3.05, 3.63) is 0 Å². The zero-order valence-electron chi connectivity index (χ0n) is 6.16. The molecule has 0 bridgehead atoms. The summed E-state index contributed by atoms with van der Waals surface area (Å²) < 4.78 is 17.0. The molecule has 11 heavy (non-hydrogen) atoms. The average molecular weight is 255 g/mol. The van der Waals surface area contributed by atoms with E-state index in [1.54, 1.807) is 0 Å². The maximum atomic E-state index is 8.52. The van der Waals surface area contributed by atoms with Gasteiger partial charge in [0.2, 0.25) is 0 Å². The third kappa shape index (κ3) is 157. The molecule has 0 unspecified atom stereocenters. The smallest absolute Gasteiger partial charge is 0.672 e. The Kier molecular flexibility index (Phi) is 61.8. The first kappa shape index (κ1) is 29.2. The van der Waals surface area contributed by atoms with E-state index in [9.17, 15) is 0 Å². The predicted octanol–water partition coefficient (Wildman–Crippen LogP) is -12.1. The summed E-state index contributed by atoms with van der Waals surface area (Å²) in [5.41, 5.74) is 0. The molecule has 0 fully saturated rings. The molecule has 0 saturated carbocycles. The van der Waals surface area contributed by atoms with E-state index in [1.807, 2.05) is 0 Å². The minimum absolute atomic E-state index is 0. The van der Waals surface area contributed by atoms with E-state index in [0.717, 1.165) is 0 Å². The van der Waals surface area contributed by atoms with Crippen LogP contribution in [0.2, 0.25) is 0 Å². The van der Waals surface area contributed by atoms with Gasteiger partial charge >= 0.3 is 126 Å². The van der Waals surface area contributed by atoms with Gasteiger partial charge in [0.05, 0.1) is 0 Å². The van der Waals surface area contributed by atoms with Gasteiger partial charge in [0.1, 0.15) is 0 Å². The summed E-state index contributed by atoms with van der Waals surface area (Å²) in [5.74, 6) is 0. The third-order valence-electron chi connectivity index (χ3n) is 0. The average Bonchev–Trinajstić information content (AvgIpc) is 1.25.